The number of hydrogen-bond donors (Lipinski definition) is 0. The number of alkyl halides is 3. The summed E-state index contributed by atoms with van der Waals surface area (Å²) in [6.45, 7) is 0. The second-order valence-corrected chi connectivity index (χ2v) is 5.58. The molecule has 130 valence electrons. The highest BCUT2D eigenvalue weighted by atomic mass is 35.5. The molecule has 25 heavy (non-hydrogen) atoms. The van der Waals surface area contributed by atoms with Crippen LogP contribution in [0.3, 0.4) is 0 Å². The van der Waals surface area contributed by atoms with E-state index in [2.05, 4.69) is 14.7 Å². The number of benzene rings is 1. The minimum Gasteiger partial charge on any atom is -0.465 e. The van der Waals surface area contributed by atoms with E-state index in [0.717, 1.165) is 7.11 Å². The minimum atomic E-state index is -5.09. The average molecular weight is 370 g/mol. The van der Waals surface area contributed by atoms with Crippen LogP contribution in [-0.2, 0) is 9.53 Å². The van der Waals surface area contributed by atoms with Crippen LogP contribution in [-0.4, -0.2) is 41.5 Å². The van der Waals surface area contributed by atoms with E-state index in [1.807, 2.05) is 0 Å². The van der Waals surface area contributed by atoms with Gasteiger partial charge in [0.15, 0.2) is 0 Å². The summed E-state index contributed by atoms with van der Waals surface area (Å²) < 4.78 is 45.6. The standard InChI is InChI=1S/C16H11ClF3N3O2/c1-25-14(24)15(16(18,19)20)21-12-7-2-3-8-23(12)13(22-15)10-5-4-6-11(17)9-10/h2-9H,1H3/t15-/m0/s1. The summed E-state index contributed by atoms with van der Waals surface area (Å²) in [6, 6.07) is 6.14. The number of aliphatic imine (C=N–C) groups is 2. The topological polar surface area (TPSA) is 54.3 Å². The van der Waals surface area contributed by atoms with Gasteiger partial charge in [0.2, 0.25) is 0 Å². The van der Waals surface area contributed by atoms with Gasteiger partial charge in [-0.05, 0) is 24.3 Å². The lowest BCUT2D eigenvalue weighted by Crippen LogP contribution is -2.55. The second kappa shape index (κ2) is 6.03. The third kappa shape index (κ3) is 2.82. The number of amidine groups is 2. The van der Waals surface area contributed by atoms with Gasteiger partial charge < -0.3 is 4.74 Å². The molecule has 2 aliphatic heterocycles. The van der Waals surface area contributed by atoms with Crippen molar-refractivity contribution >= 4 is 29.2 Å². The van der Waals surface area contributed by atoms with Crippen molar-refractivity contribution in [3.63, 3.8) is 0 Å². The number of carbonyl (C=O) groups excluding carboxylic acids is 1. The van der Waals surface area contributed by atoms with Gasteiger partial charge in [-0.1, -0.05) is 29.8 Å². The lowest BCUT2D eigenvalue weighted by Gasteiger charge is -2.35. The first-order valence-electron chi connectivity index (χ1n) is 7.03. The van der Waals surface area contributed by atoms with E-state index in [0.29, 0.717) is 10.6 Å². The zero-order chi connectivity index (χ0) is 18.2. The molecule has 0 fully saturated rings. The smallest absolute Gasteiger partial charge is 0.445 e. The maximum absolute atomic E-state index is 13.8. The molecule has 3 rings (SSSR count). The molecule has 1 aromatic carbocycles. The van der Waals surface area contributed by atoms with Crippen LogP contribution in [0.15, 0.2) is 58.7 Å². The molecule has 1 aromatic rings. The molecule has 0 radical (unpaired) electrons. The van der Waals surface area contributed by atoms with Crippen molar-refractivity contribution in [3.8, 4) is 0 Å². The Kier molecular flexibility index (Phi) is 4.16. The van der Waals surface area contributed by atoms with Gasteiger partial charge in [0.25, 0.3) is 0 Å². The van der Waals surface area contributed by atoms with E-state index in [1.165, 1.54) is 35.4 Å². The predicted octanol–water partition coefficient (Wildman–Crippen LogP) is 3.32. The number of fused-ring (bicyclic) bond motifs is 1. The molecule has 0 aliphatic carbocycles. The summed E-state index contributed by atoms with van der Waals surface area (Å²) in [6.07, 6.45) is 0.878. The molecule has 2 aliphatic rings. The SMILES string of the molecule is COC(=O)[C@]1(C(F)(F)F)N=C2C=CC=CN2C(c2cccc(Cl)c2)=N1. The molecular weight excluding hydrogens is 359 g/mol. The molecule has 0 bridgehead atoms. The fraction of sp³-hybridized carbons (Fsp3) is 0.188. The van der Waals surface area contributed by atoms with Crippen molar-refractivity contribution in [2.45, 2.75) is 11.8 Å². The summed E-state index contributed by atoms with van der Waals surface area (Å²) in [5.41, 5.74) is -3.07. The van der Waals surface area contributed by atoms with E-state index in [4.69, 9.17) is 11.6 Å². The maximum atomic E-state index is 13.8. The molecule has 0 spiro atoms. The highest BCUT2D eigenvalue weighted by Crippen LogP contribution is 2.40. The molecule has 0 saturated heterocycles. The number of carbonyl (C=O) groups is 1. The number of esters is 1. The van der Waals surface area contributed by atoms with Crippen LogP contribution in [0.4, 0.5) is 13.2 Å². The van der Waals surface area contributed by atoms with E-state index >= 15 is 0 Å². The van der Waals surface area contributed by atoms with Crippen LogP contribution >= 0.6 is 11.6 Å². The Hall–Kier alpha value is -2.61. The third-order valence-electron chi connectivity index (χ3n) is 3.56. The van der Waals surface area contributed by atoms with Crippen molar-refractivity contribution in [1.82, 2.24) is 4.90 Å². The van der Waals surface area contributed by atoms with Gasteiger partial charge in [0.1, 0.15) is 11.7 Å². The molecule has 2 heterocycles. The highest BCUT2D eigenvalue weighted by Gasteiger charge is 2.64. The normalized spacial score (nSPS) is 22.2. The molecule has 1 atom stereocenters. The number of allylic oxidation sites excluding steroid dienone is 2. The fourth-order valence-corrected chi connectivity index (χ4v) is 2.60. The number of halogens is 4. The molecule has 9 heteroatoms. The monoisotopic (exact) mass is 369 g/mol. The Bertz CT molecular complexity index is 845. The molecule has 5 nitrogen and oxygen atoms in total. The van der Waals surface area contributed by atoms with Crippen molar-refractivity contribution in [2.75, 3.05) is 7.11 Å². The Balaban J connectivity index is 2.27. The largest absolute Gasteiger partial charge is 0.465 e. The third-order valence-corrected chi connectivity index (χ3v) is 3.79. The number of rotatable bonds is 2. The van der Waals surface area contributed by atoms with Crippen LogP contribution in [0.2, 0.25) is 5.02 Å². The quantitative estimate of drug-likeness (QED) is 0.751. The highest BCUT2D eigenvalue weighted by molar-refractivity contribution is 6.31. The van der Waals surface area contributed by atoms with Gasteiger partial charge in [0.05, 0.1) is 7.11 Å². The zero-order valence-corrected chi connectivity index (χ0v) is 13.5. The summed E-state index contributed by atoms with van der Waals surface area (Å²) in [7, 11) is 0.855. The fourth-order valence-electron chi connectivity index (χ4n) is 2.41. The first-order chi connectivity index (χ1) is 11.8. The van der Waals surface area contributed by atoms with Crippen molar-refractivity contribution in [3.05, 3.63) is 59.3 Å². The van der Waals surface area contributed by atoms with Crippen molar-refractivity contribution < 1.29 is 22.7 Å². The Morgan fingerprint density at radius 2 is 2.04 bits per heavy atom. The van der Waals surface area contributed by atoms with E-state index < -0.39 is 17.8 Å². The summed E-state index contributed by atoms with van der Waals surface area (Å²) >= 11 is 5.94. The predicted molar refractivity (Wildman–Crippen MR) is 86.3 cm³/mol. The van der Waals surface area contributed by atoms with E-state index in [1.54, 1.807) is 18.2 Å². The zero-order valence-electron chi connectivity index (χ0n) is 12.8. The molecule has 0 amide bonds. The second-order valence-electron chi connectivity index (χ2n) is 5.15. The molecule has 0 N–H and O–H groups in total. The van der Waals surface area contributed by atoms with Gasteiger partial charge >= 0.3 is 17.8 Å². The number of nitrogens with zero attached hydrogens (tertiary/aromatic N) is 3. The van der Waals surface area contributed by atoms with Crippen LogP contribution in [0.25, 0.3) is 0 Å². The molecule has 0 saturated carbocycles. The van der Waals surface area contributed by atoms with Gasteiger partial charge in [-0.25, -0.2) is 14.8 Å². The van der Waals surface area contributed by atoms with E-state index in [-0.39, 0.29) is 11.7 Å². The van der Waals surface area contributed by atoms with Crippen molar-refractivity contribution in [2.24, 2.45) is 9.98 Å². The minimum absolute atomic E-state index is 0.0878. The van der Waals surface area contributed by atoms with E-state index in [9.17, 15) is 18.0 Å². The maximum Gasteiger partial charge on any atom is 0.445 e. The van der Waals surface area contributed by atoms with Crippen LogP contribution in [0, 0.1) is 0 Å². The Labute approximate surface area is 145 Å². The lowest BCUT2D eigenvalue weighted by atomic mass is 10.1. The van der Waals surface area contributed by atoms with Crippen LogP contribution < -0.4 is 0 Å². The summed E-state index contributed by atoms with van der Waals surface area (Å²) in [5, 5.41) is 0.316. The molecule has 0 unspecified atom stereocenters. The first kappa shape index (κ1) is 17.2. The molecule has 0 aromatic heterocycles. The average Bonchev–Trinajstić information content (AvgIpc) is 2.59. The molecular formula is C16H11ClF3N3O2. The number of methoxy groups -OCH3 is 1. The van der Waals surface area contributed by atoms with Gasteiger partial charge in [-0.2, -0.15) is 13.2 Å². The number of hydrogen-bond acceptors (Lipinski definition) is 5. The van der Waals surface area contributed by atoms with Crippen LogP contribution in [0.5, 0.6) is 0 Å². The summed E-state index contributed by atoms with van der Waals surface area (Å²) in [4.78, 5) is 20.6. The Morgan fingerprint density at radius 3 is 2.68 bits per heavy atom. The van der Waals surface area contributed by atoms with Crippen LogP contribution in [0.1, 0.15) is 5.56 Å². The summed E-state index contributed by atoms with van der Waals surface area (Å²) in [5.74, 6) is -1.82. The van der Waals surface area contributed by atoms with Crippen molar-refractivity contribution in [1.29, 1.82) is 0 Å². The first-order valence-corrected chi connectivity index (χ1v) is 7.41. The van der Waals surface area contributed by atoms with Gasteiger partial charge in [0, 0.05) is 16.8 Å². The van der Waals surface area contributed by atoms with Gasteiger partial charge in [-0.3, -0.25) is 4.90 Å². The lowest BCUT2D eigenvalue weighted by molar-refractivity contribution is -0.202. The Morgan fingerprint density at radius 1 is 1.28 bits per heavy atom. The number of ether oxygens (including phenoxy) is 1. The van der Waals surface area contributed by atoms with Gasteiger partial charge in [-0.15, -0.1) is 0 Å².